The minimum Gasteiger partial charge on any atom is -0.373 e. The summed E-state index contributed by atoms with van der Waals surface area (Å²) in [5.74, 6) is 0.523. The minimum absolute atomic E-state index is 0.344. The number of ether oxygens (including phenoxy) is 1. The first-order valence-corrected chi connectivity index (χ1v) is 9.64. The molecule has 2 aromatic rings. The molecule has 0 bridgehead atoms. The van der Waals surface area contributed by atoms with E-state index >= 15 is 0 Å². The van der Waals surface area contributed by atoms with Crippen molar-refractivity contribution in [3.05, 3.63) is 38.0 Å². The van der Waals surface area contributed by atoms with Gasteiger partial charge in [-0.25, -0.2) is 4.98 Å². The summed E-state index contributed by atoms with van der Waals surface area (Å²) in [6.07, 6.45) is 2.71. The molecule has 2 aromatic heterocycles. The van der Waals surface area contributed by atoms with Gasteiger partial charge in [0.2, 0.25) is 0 Å². The van der Waals surface area contributed by atoms with Gasteiger partial charge >= 0.3 is 0 Å². The summed E-state index contributed by atoms with van der Waals surface area (Å²) in [4.78, 5) is 9.85. The molecule has 3 rings (SSSR count). The van der Waals surface area contributed by atoms with Crippen LogP contribution in [-0.2, 0) is 17.8 Å². The summed E-state index contributed by atoms with van der Waals surface area (Å²) >= 11 is 3.67. The molecule has 0 saturated carbocycles. The highest BCUT2D eigenvalue weighted by atomic mass is 32.1. The van der Waals surface area contributed by atoms with Gasteiger partial charge in [0.15, 0.2) is 0 Å². The standard InChI is InChI=1S/C17H24N2OS2/c1-12(2)17-18-13(11-21-17)9-19(3)10-14-6-7-16(22-14)15-5-4-8-20-15/h6-7,11-12,15H,4-5,8-10H2,1-3H3. The van der Waals surface area contributed by atoms with E-state index in [4.69, 9.17) is 9.72 Å². The SMILES string of the molecule is CC(C)c1nc(CN(C)Cc2ccc(C3CCCO3)s2)cs1. The molecule has 3 heterocycles. The monoisotopic (exact) mass is 336 g/mol. The molecule has 120 valence electrons. The Morgan fingerprint density at radius 2 is 2.23 bits per heavy atom. The molecule has 1 fully saturated rings. The van der Waals surface area contributed by atoms with Crippen molar-refractivity contribution in [2.45, 2.75) is 51.8 Å². The van der Waals surface area contributed by atoms with E-state index in [0.29, 0.717) is 12.0 Å². The Bertz CT molecular complexity index is 599. The zero-order chi connectivity index (χ0) is 15.5. The van der Waals surface area contributed by atoms with Crippen LogP contribution in [0.1, 0.15) is 59.2 Å². The lowest BCUT2D eigenvalue weighted by Crippen LogP contribution is -2.16. The van der Waals surface area contributed by atoms with Gasteiger partial charge < -0.3 is 4.74 Å². The lowest BCUT2D eigenvalue weighted by molar-refractivity contribution is 0.114. The Kier molecular flexibility index (Phi) is 5.29. The maximum absolute atomic E-state index is 5.77. The van der Waals surface area contributed by atoms with Crippen LogP contribution < -0.4 is 0 Å². The summed E-state index contributed by atoms with van der Waals surface area (Å²) in [5.41, 5.74) is 1.19. The van der Waals surface area contributed by atoms with Crippen LogP contribution >= 0.6 is 22.7 Å². The van der Waals surface area contributed by atoms with Crippen LogP contribution in [0.3, 0.4) is 0 Å². The summed E-state index contributed by atoms with van der Waals surface area (Å²) < 4.78 is 5.77. The molecule has 3 nitrogen and oxygen atoms in total. The molecular formula is C17H24N2OS2. The zero-order valence-electron chi connectivity index (χ0n) is 13.5. The van der Waals surface area contributed by atoms with Gasteiger partial charge in [0.1, 0.15) is 0 Å². The van der Waals surface area contributed by atoms with Crippen molar-refractivity contribution in [3.8, 4) is 0 Å². The molecule has 0 aromatic carbocycles. The minimum atomic E-state index is 0.344. The molecule has 0 aliphatic carbocycles. The van der Waals surface area contributed by atoms with Crippen molar-refractivity contribution in [1.82, 2.24) is 9.88 Å². The topological polar surface area (TPSA) is 25.4 Å². The number of rotatable bonds is 6. The zero-order valence-corrected chi connectivity index (χ0v) is 15.2. The summed E-state index contributed by atoms with van der Waals surface area (Å²) in [6.45, 7) is 7.21. The maximum Gasteiger partial charge on any atom is 0.0954 e. The number of nitrogens with zero attached hydrogens (tertiary/aromatic N) is 2. The third-order valence-electron chi connectivity index (χ3n) is 3.85. The van der Waals surface area contributed by atoms with Crippen LogP contribution in [0.5, 0.6) is 0 Å². The number of hydrogen-bond donors (Lipinski definition) is 0. The second-order valence-corrected chi connectivity index (χ2v) is 8.40. The van der Waals surface area contributed by atoms with E-state index in [-0.39, 0.29) is 0 Å². The smallest absolute Gasteiger partial charge is 0.0954 e. The molecule has 22 heavy (non-hydrogen) atoms. The highest BCUT2D eigenvalue weighted by molar-refractivity contribution is 7.12. The average Bonchev–Trinajstić information content (AvgIpc) is 3.18. The predicted octanol–water partition coefficient (Wildman–Crippen LogP) is 4.81. The molecule has 5 heteroatoms. The number of thiazole rings is 1. The number of hydrogen-bond acceptors (Lipinski definition) is 5. The van der Waals surface area contributed by atoms with Gasteiger partial charge in [-0.1, -0.05) is 13.8 Å². The average molecular weight is 337 g/mol. The fraction of sp³-hybridized carbons (Fsp3) is 0.588. The number of thiophene rings is 1. The van der Waals surface area contributed by atoms with E-state index in [1.807, 2.05) is 11.3 Å². The fourth-order valence-corrected chi connectivity index (χ4v) is 4.72. The quantitative estimate of drug-likeness (QED) is 0.757. The Balaban J connectivity index is 1.55. The molecule has 1 aliphatic heterocycles. The Hall–Kier alpha value is -0.750. The van der Waals surface area contributed by atoms with Crippen molar-refractivity contribution in [3.63, 3.8) is 0 Å². The van der Waals surface area contributed by atoms with E-state index in [1.54, 1.807) is 11.3 Å². The van der Waals surface area contributed by atoms with Crippen LogP contribution in [0.25, 0.3) is 0 Å². The molecule has 1 atom stereocenters. The van der Waals surface area contributed by atoms with Crippen molar-refractivity contribution >= 4 is 22.7 Å². The summed E-state index contributed by atoms with van der Waals surface area (Å²) in [6, 6.07) is 4.49. The lowest BCUT2D eigenvalue weighted by atomic mass is 10.2. The lowest BCUT2D eigenvalue weighted by Gasteiger charge is -2.14. The van der Waals surface area contributed by atoms with Gasteiger partial charge in [0.25, 0.3) is 0 Å². The van der Waals surface area contributed by atoms with E-state index in [1.165, 1.54) is 33.3 Å². The molecule has 0 radical (unpaired) electrons. The molecule has 1 unspecified atom stereocenters. The third kappa shape index (κ3) is 3.96. The Morgan fingerprint density at radius 3 is 2.91 bits per heavy atom. The highest BCUT2D eigenvalue weighted by Gasteiger charge is 2.19. The van der Waals surface area contributed by atoms with E-state index < -0.39 is 0 Å². The molecule has 0 N–H and O–H groups in total. The molecule has 0 spiro atoms. The normalized spacial score (nSPS) is 18.7. The first kappa shape index (κ1) is 16.1. The van der Waals surface area contributed by atoms with E-state index in [2.05, 4.69) is 43.3 Å². The predicted molar refractivity (Wildman–Crippen MR) is 93.6 cm³/mol. The van der Waals surface area contributed by atoms with Crippen molar-refractivity contribution in [2.24, 2.45) is 0 Å². The Labute approximate surface area is 141 Å². The maximum atomic E-state index is 5.77. The second kappa shape index (κ2) is 7.21. The van der Waals surface area contributed by atoms with Crippen LogP contribution in [0.2, 0.25) is 0 Å². The van der Waals surface area contributed by atoms with Crippen LogP contribution in [0.4, 0.5) is 0 Å². The van der Waals surface area contributed by atoms with Crippen LogP contribution in [0, 0.1) is 0 Å². The summed E-state index contributed by atoms with van der Waals surface area (Å²) in [7, 11) is 2.17. The van der Waals surface area contributed by atoms with Gasteiger partial charge in [0.05, 0.1) is 16.8 Å². The van der Waals surface area contributed by atoms with Gasteiger partial charge in [-0.15, -0.1) is 22.7 Å². The van der Waals surface area contributed by atoms with Gasteiger partial charge in [0, 0.05) is 40.7 Å². The van der Waals surface area contributed by atoms with Crippen molar-refractivity contribution < 1.29 is 4.74 Å². The summed E-state index contributed by atoms with van der Waals surface area (Å²) in [5, 5.41) is 3.43. The second-order valence-electron chi connectivity index (χ2n) is 6.31. The van der Waals surface area contributed by atoms with Gasteiger partial charge in [-0.05, 0) is 32.0 Å². The third-order valence-corrected chi connectivity index (χ3v) is 6.21. The van der Waals surface area contributed by atoms with E-state index in [0.717, 1.165) is 19.7 Å². The van der Waals surface area contributed by atoms with Gasteiger partial charge in [-0.3, -0.25) is 4.90 Å². The molecule has 0 amide bonds. The fourth-order valence-electron chi connectivity index (χ4n) is 2.71. The largest absolute Gasteiger partial charge is 0.373 e. The molecule has 1 aliphatic rings. The van der Waals surface area contributed by atoms with Crippen molar-refractivity contribution in [2.75, 3.05) is 13.7 Å². The first-order chi connectivity index (χ1) is 10.6. The highest BCUT2D eigenvalue weighted by Crippen LogP contribution is 2.33. The Morgan fingerprint density at radius 1 is 1.36 bits per heavy atom. The molecular weight excluding hydrogens is 312 g/mol. The van der Waals surface area contributed by atoms with Gasteiger partial charge in [-0.2, -0.15) is 0 Å². The van der Waals surface area contributed by atoms with Crippen LogP contribution in [-0.4, -0.2) is 23.5 Å². The molecule has 1 saturated heterocycles. The van der Waals surface area contributed by atoms with Crippen LogP contribution in [0.15, 0.2) is 17.5 Å². The van der Waals surface area contributed by atoms with E-state index in [9.17, 15) is 0 Å². The first-order valence-electron chi connectivity index (χ1n) is 7.95. The van der Waals surface area contributed by atoms with Crippen molar-refractivity contribution in [1.29, 1.82) is 0 Å². The number of aromatic nitrogens is 1.